The van der Waals surface area contributed by atoms with Crippen LogP contribution in [-0.2, 0) is 10.3 Å². The number of non-ortho nitro benzene ring substituents is 1. The summed E-state index contributed by atoms with van der Waals surface area (Å²) in [5.74, 6) is -0.540. The molecule has 1 aliphatic rings. The minimum Gasteiger partial charge on any atom is -0.319 e. The third-order valence-corrected chi connectivity index (χ3v) is 6.78. The number of nitro benzene ring substituents is 1. The number of carbonyl (C=O) groups is 3. The summed E-state index contributed by atoms with van der Waals surface area (Å²) in [6, 6.07) is 14.6. The Labute approximate surface area is 208 Å². The Kier molecular flexibility index (Phi) is 6.26. The first kappa shape index (κ1) is 24.8. The summed E-state index contributed by atoms with van der Waals surface area (Å²) in [7, 11) is 0. The molecule has 3 amide bonds. The average molecular weight is 489 g/mol. The van der Waals surface area contributed by atoms with E-state index < -0.39 is 28.9 Å². The Bertz CT molecular complexity index is 1370. The monoisotopic (exact) mass is 488 g/mol. The number of hydrogen-bond acceptors (Lipinski definition) is 5. The Hall–Kier alpha value is -4.27. The summed E-state index contributed by atoms with van der Waals surface area (Å²) < 4.78 is 1.98. The van der Waals surface area contributed by atoms with Crippen molar-refractivity contribution in [2.24, 2.45) is 0 Å². The van der Waals surface area contributed by atoms with Crippen LogP contribution in [0.1, 0.15) is 59.6 Å². The number of rotatable bonds is 7. The minimum absolute atomic E-state index is 0.125. The summed E-state index contributed by atoms with van der Waals surface area (Å²) in [5.41, 5.74) is 3.00. The number of amides is 3. The van der Waals surface area contributed by atoms with Crippen molar-refractivity contribution >= 4 is 23.4 Å². The first-order valence-electron chi connectivity index (χ1n) is 11.7. The smallest absolute Gasteiger partial charge is 0.319 e. The van der Waals surface area contributed by atoms with E-state index in [0.717, 1.165) is 22.0 Å². The molecule has 1 aliphatic heterocycles. The van der Waals surface area contributed by atoms with E-state index in [4.69, 9.17) is 0 Å². The molecule has 0 spiro atoms. The van der Waals surface area contributed by atoms with Gasteiger partial charge in [-0.2, -0.15) is 0 Å². The molecule has 9 heteroatoms. The number of carbonyl (C=O) groups excluding carboxylic acids is 3. The van der Waals surface area contributed by atoms with Gasteiger partial charge < -0.3 is 9.88 Å². The number of Topliss-reactive ketones (excluding diaryl/α,β-unsaturated/α-hetero) is 1. The fourth-order valence-electron chi connectivity index (χ4n) is 4.63. The quantitative estimate of drug-likeness (QED) is 0.223. The molecule has 0 bridgehead atoms. The summed E-state index contributed by atoms with van der Waals surface area (Å²) in [4.78, 5) is 50.5. The van der Waals surface area contributed by atoms with Crippen LogP contribution in [0, 0.1) is 24.0 Å². The average Bonchev–Trinajstić information content (AvgIpc) is 3.26. The molecule has 1 aromatic heterocycles. The molecule has 4 rings (SSSR count). The van der Waals surface area contributed by atoms with E-state index in [1.54, 1.807) is 6.07 Å². The van der Waals surface area contributed by atoms with Gasteiger partial charge in [0.15, 0.2) is 5.78 Å². The van der Waals surface area contributed by atoms with Crippen LogP contribution in [0.25, 0.3) is 5.69 Å². The predicted molar refractivity (Wildman–Crippen MR) is 134 cm³/mol. The van der Waals surface area contributed by atoms with Crippen molar-refractivity contribution in [3.8, 4) is 5.69 Å². The summed E-state index contributed by atoms with van der Waals surface area (Å²) in [6.45, 7) is 9.10. The van der Waals surface area contributed by atoms with Crippen LogP contribution in [0.15, 0.2) is 54.6 Å². The zero-order chi connectivity index (χ0) is 26.4. The van der Waals surface area contributed by atoms with Crippen LogP contribution in [0.4, 0.5) is 10.5 Å². The fourth-order valence-corrected chi connectivity index (χ4v) is 4.63. The van der Waals surface area contributed by atoms with Crippen LogP contribution in [-0.4, -0.2) is 38.7 Å². The Morgan fingerprint density at radius 2 is 1.67 bits per heavy atom. The van der Waals surface area contributed by atoms with E-state index in [0.29, 0.717) is 17.0 Å². The highest BCUT2D eigenvalue weighted by molar-refractivity contribution is 6.11. The lowest BCUT2D eigenvalue weighted by molar-refractivity contribution is -0.384. The molecule has 1 atom stereocenters. The number of nitrogens with zero attached hydrogens (tertiary/aromatic N) is 3. The van der Waals surface area contributed by atoms with Crippen LogP contribution in [0.3, 0.4) is 0 Å². The lowest BCUT2D eigenvalue weighted by Crippen LogP contribution is -2.41. The van der Waals surface area contributed by atoms with Gasteiger partial charge in [0.25, 0.3) is 11.6 Å². The largest absolute Gasteiger partial charge is 0.325 e. The first-order valence-corrected chi connectivity index (χ1v) is 11.7. The fraction of sp³-hybridized carbons (Fsp3) is 0.296. The molecule has 0 radical (unpaired) electrons. The molecule has 1 unspecified atom stereocenters. The van der Waals surface area contributed by atoms with Crippen LogP contribution >= 0.6 is 0 Å². The van der Waals surface area contributed by atoms with Crippen molar-refractivity contribution in [3.63, 3.8) is 0 Å². The standard InChI is InChI=1S/C27H28N4O5/c1-16(2)19-6-10-21(11-7-19)30-17(3)14-23(18(30)4)24(32)15-29-25(33)27(5,28-26(29)34)20-8-12-22(13-9-20)31(35)36/h6-14,16H,15H2,1-5H3,(H,28,34). The molecule has 1 fully saturated rings. The molecule has 9 nitrogen and oxygen atoms in total. The van der Waals surface area contributed by atoms with Crippen molar-refractivity contribution in [3.05, 3.63) is 92.8 Å². The number of urea groups is 1. The third kappa shape index (κ3) is 4.17. The number of nitrogens with one attached hydrogen (secondary N) is 1. The van der Waals surface area contributed by atoms with Gasteiger partial charge in [0.05, 0.1) is 11.5 Å². The van der Waals surface area contributed by atoms with Crippen molar-refractivity contribution in [1.29, 1.82) is 0 Å². The highest BCUT2D eigenvalue weighted by Crippen LogP contribution is 2.31. The zero-order valence-corrected chi connectivity index (χ0v) is 20.9. The highest BCUT2D eigenvalue weighted by Gasteiger charge is 2.49. The number of benzene rings is 2. The van der Waals surface area contributed by atoms with E-state index in [9.17, 15) is 24.5 Å². The number of aryl methyl sites for hydroxylation is 1. The molecule has 186 valence electrons. The maximum absolute atomic E-state index is 13.3. The van der Waals surface area contributed by atoms with Crippen molar-refractivity contribution in [1.82, 2.24) is 14.8 Å². The van der Waals surface area contributed by atoms with E-state index in [2.05, 4.69) is 31.3 Å². The zero-order valence-electron chi connectivity index (χ0n) is 20.9. The molecular formula is C27H28N4O5. The minimum atomic E-state index is -1.43. The summed E-state index contributed by atoms with van der Waals surface area (Å²) >= 11 is 0. The molecule has 36 heavy (non-hydrogen) atoms. The van der Waals surface area contributed by atoms with Gasteiger partial charge in [0, 0.05) is 34.8 Å². The molecule has 1 saturated heterocycles. The lowest BCUT2D eigenvalue weighted by Gasteiger charge is -2.22. The maximum atomic E-state index is 13.3. The summed E-state index contributed by atoms with van der Waals surface area (Å²) in [6.07, 6.45) is 0. The SMILES string of the molecule is Cc1cc(C(=O)CN2C(=O)NC(C)(c3ccc([N+](=O)[O-])cc3)C2=O)c(C)n1-c1ccc(C(C)C)cc1. The van der Waals surface area contributed by atoms with Crippen molar-refractivity contribution in [2.75, 3.05) is 6.54 Å². The molecule has 0 aliphatic carbocycles. The second kappa shape index (κ2) is 9.07. The number of aromatic nitrogens is 1. The topological polar surface area (TPSA) is 115 Å². The second-order valence-corrected chi connectivity index (χ2v) is 9.54. The number of ketones is 1. The maximum Gasteiger partial charge on any atom is 0.325 e. The van der Waals surface area contributed by atoms with Gasteiger partial charge in [-0.05, 0) is 68.1 Å². The predicted octanol–water partition coefficient (Wildman–Crippen LogP) is 4.78. The molecule has 2 aromatic carbocycles. The highest BCUT2D eigenvalue weighted by atomic mass is 16.6. The second-order valence-electron chi connectivity index (χ2n) is 9.54. The van der Waals surface area contributed by atoms with E-state index in [-0.39, 0.29) is 11.5 Å². The summed E-state index contributed by atoms with van der Waals surface area (Å²) in [5, 5.41) is 13.6. The van der Waals surface area contributed by atoms with Gasteiger partial charge >= 0.3 is 6.03 Å². The number of nitro groups is 1. The lowest BCUT2D eigenvalue weighted by atomic mass is 9.92. The third-order valence-electron chi connectivity index (χ3n) is 6.78. The molecule has 2 heterocycles. The van der Waals surface area contributed by atoms with E-state index in [1.165, 1.54) is 36.8 Å². The number of hydrogen-bond donors (Lipinski definition) is 1. The molecule has 1 N–H and O–H groups in total. The van der Waals surface area contributed by atoms with E-state index >= 15 is 0 Å². The number of imide groups is 1. The van der Waals surface area contributed by atoms with Gasteiger partial charge in [-0.25, -0.2) is 4.79 Å². The van der Waals surface area contributed by atoms with Crippen LogP contribution in [0.2, 0.25) is 0 Å². The van der Waals surface area contributed by atoms with Gasteiger partial charge in [-0.3, -0.25) is 24.6 Å². The normalized spacial score (nSPS) is 17.6. The van der Waals surface area contributed by atoms with E-state index in [1.807, 2.05) is 30.5 Å². The first-order chi connectivity index (χ1) is 16.9. The van der Waals surface area contributed by atoms with Crippen molar-refractivity contribution in [2.45, 2.75) is 46.1 Å². The Morgan fingerprint density at radius 3 is 2.22 bits per heavy atom. The van der Waals surface area contributed by atoms with Crippen LogP contribution in [0.5, 0.6) is 0 Å². The van der Waals surface area contributed by atoms with Crippen LogP contribution < -0.4 is 5.32 Å². The van der Waals surface area contributed by atoms with Gasteiger partial charge in [-0.15, -0.1) is 0 Å². The van der Waals surface area contributed by atoms with Crippen molar-refractivity contribution < 1.29 is 19.3 Å². The molecular weight excluding hydrogens is 460 g/mol. The molecule has 3 aromatic rings. The Morgan fingerprint density at radius 1 is 1.06 bits per heavy atom. The molecule has 0 saturated carbocycles. The van der Waals surface area contributed by atoms with Gasteiger partial charge in [0.1, 0.15) is 5.54 Å². The van der Waals surface area contributed by atoms with Gasteiger partial charge in [-0.1, -0.05) is 26.0 Å². The van der Waals surface area contributed by atoms with Gasteiger partial charge in [0.2, 0.25) is 0 Å². The Balaban J connectivity index is 1.57.